The number of carbonyl (C=O) groups is 2. The molecule has 4 heterocycles. The molecule has 2 aliphatic heterocycles. The molecule has 176 valence electrons. The Labute approximate surface area is 205 Å². The highest BCUT2D eigenvalue weighted by molar-refractivity contribution is 6.31. The van der Waals surface area contributed by atoms with Crippen LogP contribution in [-0.4, -0.2) is 44.4 Å². The third-order valence-electron chi connectivity index (χ3n) is 6.86. The van der Waals surface area contributed by atoms with E-state index in [0.29, 0.717) is 48.6 Å². The minimum atomic E-state index is -0.815. The smallest absolute Gasteiger partial charge is 0.339 e. The Morgan fingerprint density at radius 3 is 2.74 bits per heavy atom. The third-order valence-corrected chi connectivity index (χ3v) is 7.10. The maximum atomic E-state index is 13.7. The lowest BCUT2D eigenvalue weighted by atomic mass is 9.83. The number of hydrogen-bond donors (Lipinski definition) is 0. The number of carbonyl (C=O) groups excluding carboxylic acids is 2. The lowest BCUT2D eigenvalue weighted by molar-refractivity contribution is -0.0389. The normalized spacial score (nSPS) is 16.5. The van der Waals surface area contributed by atoms with Crippen molar-refractivity contribution in [1.29, 1.82) is 0 Å². The molecule has 1 saturated heterocycles. The van der Waals surface area contributed by atoms with Crippen molar-refractivity contribution >= 4 is 34.4 Å². The first-order chi connectivity index (χ1) is 16.9. The van der Waals surface area contributed by atoms with Gasteiger partial charge in [0.05, 0.1) is 35.1 Å². The molecule has 1 amide bonds. The zero-order valence-electron chi connectivity index (χ0n) is 18.6. The van der Waals surface area contributed by atoms with Gasteiger partial charge in [-0.3, -0.25) is 14.8 Å². The molecule has 0 N–H and O–H groups in total. The fourth-order valence-electron chi connectivity index (χ4n) is 5.14. The van der Waals surface area contributed by atoms with Crippen molar-refractivity contribution in [3.63, 3.8) is 0 Å². The van der Waals surface area contributed by atoms with Crippen molar-refractivity contribution < 1.29 is 18.7 Å². The van der Waals surface area contributed by atoms with Gasteiger partial charge in [0.15, 0.2) is 0 Å². The number of rotatable bonds is 3. The van der Waals surface area contributed by atoms with Crippen molar-refractivity contribution in [2.24, 2.45) is 0 Å². The summed E-state index contributed by atoms with van der Waals surface area (Å²) in [7, 11) is 0. The lowest BCUT2D eigenvalue weighted by Crippen LogP contribution is -2.45. The molecule has 6 rings (SSSR count). The summed E-state index contributed by atoms with van der Waals surface area (Å²) in [6.45, 7) is 1.27. The quantitative estimate of drug-likeness (QED) is 0.393. The Morgan fingerprint density at radius 2 is 1.97 bits per heavy atom. The number of nitrogens with zero attached hydrogens (tertiary/aromatic N) is 4. The summed E-state index contributed by atoms with van der Waals surface area (Å²) < 4.78 is 21.3. The summed E-state index contributed by atoms with van der Waals surface area (Å²) in [6.07, 6.45) is 7.67. The van der Waals surface area contributed by atoms with Crippen LogP contribution in [0.5, 0.6) is 0 Å². The molecule has 0 radical (unpaired) electrons. The predicted octanol–water partition coefficient (Wildman–Crippen LogP) is 4.57. The first-order valence-electron chi connectivity index (χ1n) is 11.3. The Kier molecular flexibility index (Phi) is 5.07. The number of ether oxygens (including phenoxy) is 1. The van der Waals surface area contributed by atoms with E-state index in [0.717, 1.165) is 16.6 Å². The van der Waals surface area contributed by atoms with Crippen LogP contribution in [0.25, 0.3) is 10.9 Å². The van der Waals surface area contributed by atoms with Gasteiger partial charge >= 0.3 is 5.97 Å². The van der Waals surface area contributed by atoms with E-state index in [9.17, 15) is 14.0 Å². The van der Waals surface area contributed by atoms with Crippen molar-refractivity contribution in [3.8, 4) is 0 Å². The fourth-order valence-corrected chi connectivity index (χ4v) is 5.30. The standard InChI is InChI=1S/C26H20ClFN4O3/c27-16-1-3-19-21(15-32(23(19)11-16)14-18-13-29-7-8-30-18)24(33)31-9-5-26(6-10-31)22-4-2-17(28)12-20(22)25(34)35-26/h1-4,7-8,11-13,15H,5-6,9-10,14H2. The Morgan fingerprint density at radius 1 is 1.14 bits per heavy atom. The minimum absolute atomic E-state index is 0.103. The van der Waals surface area contributed by atoms with Crippen LogP contribution in [0.4, 0.5) is 4.39 Å². The molecule has 2 aliphatic rings. The molecule has 0 unspecified atom stereocenters. The Balaban J connectivity index is 1.28. The average Bonchev–Trinajstić information content (AvgIpc) is 3.34. The van der Waals surface area contributed by atoms with Crippen LogP contribution in [0.15, 0.2) is 61.2 Å². The number of amides is 1. The Hall–Kier alpha value is -3.78. The number of hydrogen-bond acceptors (Lipinski definition) is 5. The van der Waals surface area contributed by atoms with Crippen LogP contribution in [-0.2, 0) is 16.9 Å². The first kappa shape index (κ1) is 21.7. The molecule has 2 aromatic heterocycles. The monoisotopic (exact) mass is 490 g/mol. The molecule has 9 heteroatoms. The molecule has 1 fully saturated rings. The van der Waals surface area contributed by atoms with E-state index in [1.165, 1.54) is 12.1 Å². The molecule has 35 heavy (non-hydrogen) atoms. The van der Waals surface area contributed by atoms with Crippen LogP contribution in [0, 0.1) is 5.82 Å². The second kappa shape index (κ2) is 8.16. The third kappa shape index (κ3) is 3.65. The van der Waals surface area contributed by atoms with E-state index in [1.807, 2.05) is 22.9 Å². The number of halogens is 2. The molecule has 2 aromatic carbocycles. The molecule has 4 aromatic rings. The second-order valence-corrected chi connectivity index (χ2v) is 9.33. The van der Waals surface area contributed by atoms with Gasteiger partial charge < -0.3 is 14.2 Å². The molecule has 0 atom stereocenters. The molecule has 0 saturated carbocycles. The SMILES string of the molecule is O=C1OC2(CCN(C(=O)c3cn(Cc4cnccn4)c4cc(Cl)ccc34)CC2)c2ccc(F)cc21. The largest absolute Gasteiger partial charge is 0.450 e. The number of esters is 1. The maximum Gasteiger partial charge on any atom is 0.339 e. The van der Waals surface area contributed by atoms with Crippen molar-refractivity contribution in [2.45, 2.75) is 25.0 Å². The second-order valence-electron chi connectivity index (χ2n) is 8.89. The minimum Gasteiger partial charge on any atom is -0.450 e. The van der Waals surface area contributed by atoms with E-state index >= 15 is 0 Å². The van der Waals surface area contributed by atoms with E-state index in [2.05, 4.69) is 9.97 Å². The summed E-state index contributed by atoms with van der Waals surface area (Å²) in [5, 5.41) is 1.38. The number of likely N-dealkylation sites (tertiary alicyclic amines) is 1. The van der Waals surface area contributed by atoms with Crippen LogP contribution in [0.3, 0.4) is 0 Å². The highest BCUT2D eigenvalue weighted by Crippen LogP contribution is 2.44. The zero-order valence-corrected chi connectivity index (χ0v) is 19.3. The van der Waals surface area contributed by atoms with Crippen LogP contribution < -0.4 is 0 Å². The highest BCUT2D eigenvalue weighted by atomic mass is 35.5. The van der Waals surface area contributed by atoms with Crippen LogP contribution in [0.1, 0.15) is 44.8 Å². The number of aromatic nitrogens is 3. The molecule has 7 nitrogen and oxygen atoms in total. The zero-order chi connectivity index (χ0) is 24.2. The van der Waals surface area contributed by atoms with Gasteiger partial charge in [-0.15, -0.1) is 0 Å². The first-order valence-corrected chi connectivity index (χ1v) is 11.7. The summed E-state index contributed by atoms with van der Waals surface area (Å²) in [6, 6.07) is 9.65. The van der Waals surface area contributed by atoms with E-state index in [-0.39, 0.29) is 11.5 Å². The van der Waals surface area contributed by atoms with Gasteiger partial charge in [0.2, 0.25) is 0 Å². The molecule has 0 aliphatic carbocycles. The van der Waals surface area contributed by atoms with Gasteiger partial charge in [-0.05, 0) is 24.3 Å². The van der Waals surface area contributed by atoms with E-state index < -0.39 is 17.4 Å². The van der Waals surface area contributed by atoms with Gasteiger partial charge in [-0.1, -0.05) is 23.7 Å². The number of benzene rings is 2. The molecular formula is C26H20ClFN4O3. The summed E-state index contributed by atoms with van der Waals surface area (Å²) in [4.78, 5) is 36.2. The number of piperidine rings is 1. The van der Waals surface area contributed by atoms with Crippen molar-refractivity contribution in [2.75, 3.05) is 13.1 Å². The lowest BCUT2D eigenvalue weighted by Gasteiger charge is -2.38. The van der Waals surface area contributed by atoms with Gasteiger partial charge in [-0.2, -0.15) is 0 Å². The molecular weight excluding hydrogens is 471 g/mol. The van der Waals surface area contributed by atoms with Crippen molar-refractivity contribution in [1.82, 2.24) is 19.4 Å². The van der Waals surface area contributed by atoms with Crippen LogP contribution in [0.2, 0.25) is 5.02 Å². The summed E-state index contributed by atoms with van der Waals surface area (Å²) in [5.41, 5.74) is 2.33. The Bertz CT molecular complexity index is 1480. The topological polar surface area (TPSA) is 77.3 Å². The molecule has 1 spiro atoms. The average molecular weight is 491 g/mol. The van der Waals surface area contributed by atoms with Gasteiger partial charge in [0, 0.05) is 60.5 Å². The predicted molar refractivity (Wildman–Crippen MR) is 127 cm³/mol. The van der Waals surface area contributed by atoms with Gasteiger partial charge in [0.25, 0.3) is 5.91 Å². The number of fused-ring (bicyclic) bond motifs is 3. The maximum absolute atomic E-state index is 13.7. The summed E-state index contributed by atoms with van der Waals surface area (Å²) >= 11 is 6.26. The van der Waals surface area contributed by atoms with Gasteiger partial charge in [0.1, 0.15) is 11.4 Å². The van der Waals surface area contributed by atoms with E-state index in [1.54, 1.807) is 35.6 Å². The fraction of sp³-hybridized carbons (Fsp3) is 0.231. The van der Waals surface area contributed by atoms with E-state index in [4.69, 9.17) is 16.3 Å². The van der Waals surface area contributed by atoms with Gasteiger partial charge in [-0.25, -0.2) is 9.18 Å². The molecule has 0 bridgehead atoms. The highest BCUT2D eigenvalue weighted by Gasteiger charge is 2.48. The van der Waals surface area contributed by atoms with Crippen LogP contribution >= 0.6 is 11.6 Å². The van der Waals surface area contributed by atoms with Crippen molar-refractivity contribution in [3.05, 3.63) is 94.4 Å². The summed E-state index contributed by atoms with van der Waals surface area (Å²) in [5.74, 6) is -1.08.